The topological polar surface area (TPSA) is 72.9 Å². The molecule has 0 N–H and O–H groups in total. The number of morpholine rings is 1. The molecular formula is C20H20ClNO5S. The Morgan fingerprint density at radius 3 is 2.57 bits per heavy atom. The van der Waals surface area contributed by atoms with E-state index in [0.717, 1.165) is 5.56 Å². The van der Waals surface area contributed by atoms with Crippen LogP contribution in [0.1, 0.15) is 15.9 Å². The van der Waals surface area contributed by atoms with Crippen LogP contribution in [0.4, 0.5) is 0 Å². The Bertz CT molecular complexity index is 954. The van der Waals surface area contributed by atoms with Gasteiger partial charge < -0.3 is 9.47 Å². The summed E-state index contributed by atoms with van der Waals surface area (Å²) in [6, 6.07) is 13.7. The summed E-state index contributed by atoms with van der Waals surface area (Å²) in [4.78, 5) is 12.2. The van der Waals surface area contributed by atoms with Crippen molar-refractivity contribution >= 4 is 33.7 Å². The lowest BCUT2D eigenvalue weighted by atomic mass is 10.2. The zero-order valence-corrected chi connectivity index (χ0v) is 16.7. The fourth-order valence-corrected chi connectivity index (χ4v) is 4.62. The van der Waals surface area contributed by atoms with Gasteiger partial charge in [0.05, 0.1) is 23.8 Å². The summed E-state index contributed by atoms with van der Waals surface area (Å²) in [6.45, 7) is 1.22. The predicted molar refractivity (Wildman–Crippen MR) is 107 cm³/mol. The molecule has 1 aliphatic rings. The van der Waals surface area contributed by atoms with Crippen LogP contribution in [0.25, 0.3) is 6.08 Å². The lowest BCUT2D eigenvalue weighted by Gasteiger charge is -2.26. The molecule has 148 valence electrons. The normalized spacial score (nSPS) is 15.6. The van der Waals surface area contributed by atoms with Gasteiger partial charge in [-0.25, -0.2) is 13.2 Å². The third-order valence-corrected chi connectivity index (χ3v) is 6.56. The fraction of sp³-hybridized carbons (Fsp3) is 0.250. The number of rotatable bonds is 6. The van der Waals surface area contributed by atoms with Gasteiger partial charge in [-0.3, -0.25) is 0 Å². The van der Waals surface area contributed by atoms with Gasteiger partial charge in [0.2, 0.25) is 10.0 Å². The molecule has 0 spiro atoms. The average Bonchev–Trinajstić information content (AvgIpc) is 2.72. The van der Waals surface area contributed by atoms with E-state index in [-0.39, 0.29) is 35.2 Å². The summed E-state index contributed by atoms with van der Waals surface area (Å²) >= 11 is 6.10. The van der Waals surface area contributed by atoms with Crippen molar-refractivity contribution in [3.63, 3.8) is 0 Å². The number of benzene rings is 2. The van der Waals surface area contributed by atoms with E-state index < -0.39 is 16.0 Å². The summed E-state index contributed by atoms with van der Waals surface area (Å²) in [6.07, 6.45) is 3.55. The number of hydrogen-bond acceptors (Lipinski definition) is 5. The van der Waals surface area contributed by atoms with Crippen molar-refractivity contribution in [3.8, 4) is 0 Å². The Hall–Kier alpha value is -2.19. The van der Waals surface area contributed by atoms with Crippen molar-refractivity contribution in [2.24, 2.45) is 0 Å². The molecule has 8 heteroatoms. The molecule has 28 heavy (non-hydrogen) atoms. The Balaban J connectivity index is 1.70. The van der Waals surface area contributed by atoms with Crippen LogP contribution < -0.4 is 0 Å². The fourth-order valence-electron chi connectivity index (χ4n) is 2.71. The highest BCUT2D eigenvalue weighted by Gasteiger charge is 2.29. The first kappa shape index (κ1) is 20.5. The smallest absolute Gasteiger partial charge is 0.338 e. The van der Waals surface area contributed by atoms with Crippen molar-refractivity contribution < 1.29 is 22.7 Å². The molecule has 2 aromatic rings. The van der Waals surface area contributed by atoms with Crippen LogP contribution in [0.3, 0.4) is 0 Å². The van der Waals surface area contributed by atoms with Gasteiger partial charge in [-0.15, -0.1) is 0 Å². The number of carbonyl (C=O) groups is 1. The molecule has 1 saturated heterocycles. The van der Waals surface area contributed by atoms with Crippen LogP contribution in [0.15, 0.2) is 59.5 Å². The highest BCUT2D eigenvalue weighted by Crippen LogP contribution is 2.26. The number of ether oxygens (including phenoxy) is 2. The standard InChI is InChI=1S/C20H20ClNO5S/c21-18-9-8-17(15-19(18)28(24,25)22-10-13-26-14-11-22)20(23)27-12-4-7-16-5-2-1-3-6-16/h1-9,15H,10-14H2/b7-4+. The highest BCUT2D eigenvalue weighted by molar-refractivity contribution is 7.89. The number of halogens is 1. The van der Waals surface area contributed by atoms with Crippen molar-refractivity contribution in [1.82, 2.24) is 4.31 Å². The minimum atomic E-state index is -3.81. The molecule has 2 aromatic carbocycles. The third kappa shape index (κ3) is 4.99. The summed E-state index contributed by atoms with van der Waals surface area (Å²) in [5.41, 5.74) is 1.12. The highest BCUT2D eigenvalue weighted by atomic mass is 35.5. The minimum absolute atomic E-state index is 0.0621. The zero-order valence-electron chi connectivity index (χ0n) is 15.1. The Labute approximate surface area is 169 Å². The van der Waals surface area contributed by atoms with E-state index in [4.69, 9.17) is 21.1 Å². The molecule has 0 saturated carbocycles. The lowest BCUT2D eigenvalue weighted by Crippen LogP contribution is -2.40. The molecule has 1 fully saturated rings. The van der Waals surface area contributed by atoms with Crippen LogP contribution in [0, 0.1) is 0 Å². The Morgan fingerprint density at radius 2 is 1.86 bits per heavy atom. The Morgan fingerprint density at radius 1 is 1.14 bits per heavy atom. The minimum Gasteiger partial charge on any atom is -0.458 e. The predicted octanol–water partition coefficient (Wildman–Crippen LogP) is 3.23. The first-order valence-electron chi connectivity index (χ1n) is 8.74. The van der Waals surface area contributed by atoms with Crippen LogP contribution in [0.2, 0.25) is 5.02 Å². The molecule has 6 nitrogen and oxygen atoms in total. The van der Waals surface area contributed by atoms with Crippen LogP contribution in [-0.2, 0) is 19.5 Å². The molecule has 1 heterocycles. The molecule has 0 unspecified atom stereocenters. The van der Waals surface area contributed by atoms with E-state index in [1.165, 1.54) is 22.5 Å². The van der Waals surface area contributed by atoms with Crippen molar-refractivity contribution in [3.05, 3.63) is 70.8 Å². The second-order valence-electron chi connectivity index (χ2n) is 6.07. The van der Waals surface area contributed by atoms with E-state index in [1.807, 2.05) is 36.4 Å². The van der Waals surface area contributed by atoms with Crippen LogP contribution in [-0.4, -0.2) is 51.6 Å². The molecule has 3 rings (SSSR count). The molecule has 0 atom stereocenters. The molecular weight excluding hydrogens is 402 g/mol. The van der Waals surface area contributed by atoms with Gasteiger partial charge in [-0.1, -0.05) is 48.0 Å². The summed E-state index contributed by atoms with van der Waals surface area (Å²) in [5.74, 6) is -0.618. The SMILES string of the molecule is O=C(OC/C=C/c1ccccc1)c1ccc(Cl)c(S(=O)(=O)N2CCOCC2)c1. The quantitative estimate of drug-likeness (QED) is 0.669. The van der Waals surface area contributed by atoms with Gasteiger partial charge >= 0.3 is 5.97 Å². The van der Waals surface area contributed by atoms with Crippen LogP contribution >= 0.6 is 11.6 Å². The number of hydrogen-bond donors (Lipinski definition) is 0. The number of nitrogens with zero attached hydrogens (tertiary/aromatic N) is 1. The van der Waals surface area contributed by atoms with Gasteiger partial charge in [-0.05, 0) is 29.8 Å². The summed E-state index contributed by atoms with van der Waals surface area (Å²) in [5, 5.41) is 0.0621. The van der Waals surface area contributed by atoms with Gasteiger partial charge in [0, 0.05) is 13.1 Å². The van der Waals surface area contributed by atoms with E-state index in [2.05, 4.69) is 0 Å². The lowest BCUT2D eigenvalue weighted by molar-refractivity contribution is 0.0549. The molecule has 0 aromatic heterocycles. The number of sulfonamides is 1. The molecule has 0 amide bonds. The summed E-state index contributed by atoms with van der Waals surface area (Å²) < 4.78 is 37.3. The molecule has 0 aliphatic carbocycles. The molecule has 0 bridgehead atoms. The largest absolute Gasteiger partial charge is 0.458 e. The number of esters is 1. The maximum atomic E-state index is 12.8. The maximum absolute atomic E-state index is 12.8. The maximum Gasteiger partial charge on any atom is 0.338 e. The van der Waals surface area contributed by atoms with Gasteiger partial charge in [-0.2, -0.15) is 4.31 Å². The van der Waals surface area contributed by atoms with E-state index >= 15 is 0 Å². The Kier molecular flexibility index (Phi) is 6.85. The van der Waals surface area contributed by atoms with E-state index in [9.17, 15) is 13.2 Å². The van der Waals surface area contributed by atoms with Crippen molar-refractivity contribution in [2.45, 2.75) is 4.90 Å². The first-order valence-corrected chi connectivity index (χ1v) is 10.6. The third-order valence-electron chi connectivity index (χ3n) is 4.18. The molecule has 0 radical (unpaired) electrons. The first-order chi connectivity index (χ1) is 13.5. The molecule has 1 aliphatic heterocycles. The van der Waals surface area contributed by atoms with E-state index in [0.29, 0.717) is 13.2 Å². The second kappa shape index (κ2) is 9.34. The summed E-state index contributed by atoms with van der Waals surface area (Å²) in [7, 11) is -3.81. The average molecular weight is 422 g/mol. The van der Waals surface area contributed by atoms with Crippen molar-refractivity contribution in [1.29, 1.82) is 0 Å². The van der Waals surface area contributed by atoms with E-state index in [1.54, 1.807) is 6.08 Å². The zero-order chi connectivity index (χ0) is 20.0. The monoisotopic (exact) mass is 421 g/mol. The van der Waals surface area contributed by atoms with Gasteiger partial charge in [0.25, 0.3) is 0 Å². The number of carbonyl (C=O) groups excluding carboxylic acids is 1. The second-order valence-corrected chi connectivity index (χ2v) is 8.39. The van der Waals surface area contributed by atoms with Gasteiger partial charge in [0.15, 0.2) is 0 Å². The van der Waals surface area contributed by atoms with Crippen molar-refractivity contribution in [2.75, 3.05) is 32.9 Å². The van der Waals surface area contributed by atoms with Crippen LogP contribution in [0.5, 0.6) is 0 Å². The van der Waals surface area contributed by atoms with Gasteiger partial charge in [0.1, 0.15) is 11.5 Å².